The number of thioether (sulfide) groups is 1. The zero-order chi connectivity index (χ0) is 18.2. The van der Waals surface area contributed by atoms with Crippen LogP contribution in [0.1, 0.15) is 22.7 Å². The van der Waals surface area contributed by atoms with Crippen LogP contribution in [0, 0.1) is 0 Å². The standard InChI is InChI=1S/C19H19N3O2S2/c1-2-24-13-16-21-22-19(26-16)20-18(23)17(14-9-5-3-6-10-14)25-15-11-7-4-8-12-15/h3-12,17H,2,13H2,1H3,(H,20,22,23)/t17-/m0/s1. The number of amides is 1. The third-order valence-corrected chi connectivity index (χ3v) is 5.54. The average molecular weight is 386 g/mol. The van der Waals surface area contributed by atoms with Gasteiger partial charge in [0.15, 0.2) is 0 Å². The number of hydrogen-bond donors (Lipinski definition) is 1. The Morgan fingerprint density at radius 2 is 1.81 bits per heavy atom. The number of carbonyl (C=O) groups is 1. The number of carbonyl (C=O) groups excluding carboxylic acids is 1. The molecule has 1 heterocycles. The molecule has 0 saturated heterocycles. The van der Waals surface area contributed by atoms with E-state index in [4.69, 9.17) is 4.74 Å². The Morgan fingerprint density at radius 1 is 1.12 bits per heavy atom. The normalized spacial score (nSPS) is 11.9. The van der Waals surface area contributed by atoms with Gasteiger partial charge in [0.2, 0.25) is 11.0 Å². The summed E-state index contributed by atoms with van der Waals surface area (Å²) in [6.45, 7) is 2.95. The van der Waals surface area contributed by atoms with E-state index in [2.05, 4.69) is 15.5 Å². The lowest BCUT2D eigenvalue weighted by Crippen LogP contribution is -2.18. The molecule has 134 valence electrons. The molecule has 0 spiro atoms. The number of nitrogens with one attached hydrogen (secondary N) is 1. The topological polar surface area (TPSA) is 64.1 Å². The van der Waals surface area contributed by atoms with Crippen molar-refractivity contribution in [2.75, 3.05) is 11.9 Å². The van der Waals surface area contributed by atoms with E-state index < -0.39 is 0 Å². The minimum absolute atomic E-state index is 0.121. The third-order valence-electron chi connectivity index (χ3n) is 3.46. The monoisotopic (exact) mass is 385 g/mol. The molecule has 0 bridgehead atoms. The fourth-order valence-electron chi connectivity index (χ4n) is 2.26. The number of hydrogen-bond acceptors (Lipinski definition) is 6. The third kappa shape index (κ3) is 5.14. The smallest absolute Gasteiger partial charge is 0.244 e. The number of nitrogens with zero attached hydrogens (tertiary/aromatic N) is 2. The van der Waals surface area contributed by atoms with Crippen molar-refractivity contribution in [3.63, 3.8) is 0 Å². The van der Waals surface area contributed by atoms with Crippen LogP contribution >= 0.6 is 23.1 Å². The quantitative estimate of drug-likeness (QED) is 0.577. The van der Waals surface area contributed by atoms with Gasteiger partial charge in [0, 0.05) is 11.5 Å². The van der Waals surface area contributed by atoms with Crippen LogP contribution in [0.4, 0.5) is 5.13 Å². The summed E-state index contributed by atoms with van der Waals surface area (Å²) in [5.74, 6) is -0.121. The van der Waals surface area contributed by atoms with Gasteiger partial charge >= 0.3 is 0 Å². The zero-order valence-electron chi connectivity index (χ0n) is 14.3. The Morgan fingerprint density at radius 3 is 2.50 bits per heavy atom. The second-order valence-corrected chi connectivity index (χ2v) is 7.59. The van der Waals surface area contributed by atoms with Crippen LogP contribution < -0.4 is 5.32 Å². The van der Waals surface area contributed by atoms with Crippen molar-refractivity contribution in [3.8, 4) is 0 Å². The first-order valence-corrected chi connectivity index (χ1v) is 9.93. The van der Waals surface area contributed by atoms with Gasteiger partial charge < -0.3 is 4.74 Å². The van der Waals surface area contributed by atoms with Crippen LogP contribution in [0.5, 0.6) is 0 Å². The van der Waals surface area contributed by atoms with Crippen molar-refractivity contribution in [2.45, 2.75) is 23.7 Å². The van der Waals surface area contributed by atoms with Crippen LogP contribution in [-0.4, -0.2) is 22.7 Å². The molecule has 1 amide bonds. The minimum Gasteiger partial charge on any atom is -0.374 e. The molecule has 0 aliphatic heterocycles. The molecule has 0 saturated carbocycles. The van der Waals surface area contributed by atoms with Gasteiger partial charge in [0.25, 0.3) is 0 Å². The highest BCUT2D eigenvalue weighted by molar-refractivity contribution is 8.00. The molecule has 26 heavy (non-hydrogen) atoms. The van der Waals surface area contributed by atoms with Gasteiger partial charge in [-0.05, 0) is 24.6 Å². The highest BCUT2D eigenvalue weighted by atomic mass is 32.2. The average Bonchev–Trinajstić information content (AvgIpc) is 3.13. The minimum atomic E-state index is -0.377. The molecule has 0 unspecified atom stereocenters. The van der Waals surface area contributed by atoms with Crippen molar-refractivity contribution in [1.82, 2.24) is 10.2 Å². The lowest BCUT2D eigenvalue weighted by molar-refractivity contribution is -0.115. The van der Waals surface area contributed by atoms with Gasteiger partial charge in [0.1, 0.15) is 16.9 Å². The number of rotatable bonds is 8. The van der Waals surface area contributed by atoms with Gasteiger partial charge in [-0.2, -0.15) is 0 Å². The Hall–Kier alpha value is -2.22. The SMILES string of the molecule is CCOCc1nnc(NC(=O)[C@@H](Sc2ccccc2)c2ccccc2)s1. The van der Waals surface area contributed by atoms with Crippen LogP contribution in [0.15, 0.2) is 65.6 Å². The molecule has 0 radical (unpaired) electrons. The van der Waals surface area contributed by atoms with Crippen LogP contribution in [0.25, 0.3) is 0 Å². The van der Waals surface area contributed by atoms with Crippen molar-refractivity contribution >= 4 is 34.1 Å². The Balaban J connectivity index is 1.75. The maximum Gasteiger partial charge on any atom is 0.244 e. The summed E-state index contributed by atoms with van der Waals surface area (Å²) in [4.78, 5) is 13.9. The van der Waals surface area contributed by atoms with E-state index in [0.29, 0.717) is 18.3 Å². The summed E-state index contributed by atoms with van der Waals surface area (Å²) >= 11 is 2.84. The molecular weight excluding hydrogens is 366 g/mol. The van der Waals surface area contributed by atoms with Crippen LogP contribution in [0.2, 0.25) is 0 Å². The molecule has 7 heteroatoms. The first kappa shape index (κ1) is 18.6. The molecule has 3 aromatic rings. The van der Waals surface area contributed by atoms with Gasteiger partial charge in [-0.3, -0.25) is 10.1 Å². The zero-order valence-corrected chi connectivity index (χ0v) is 15.9. The molecule has 0 fully saturated rings. The lowest BCUT2D eigenvalue weighted by atomic mass is 10.1. The van der Waals surface area contributed by atoms with E-state index in [-0.39, 0.29) is 11.2 Å². The fraction of sp³-hybridized carbons (Fsp3) is 0.211. The molecule has 3 rings (SSSR count). The Bertz CT molecular complexity index is 825. The molecule has 0 aliphatic rings. The number of anilines is 1. The first-order chi connectivity index (χ1) is 12.8. The summed E-state index contributed by atoms with van der Waals surface area (Å²) in [6.07, 6.45) is 0. The predicted octanol–water partition coefficient (Wildman–Crippen LogP) is 4.55. The summed E-state index contributed by atoms with van der Waals surface area (Å²) in [6, 6.07) is 19.6. The molecule has 1 N–H and O–H groups in total. The molecule has 1 atom stereocenters. The maximum atomic E-state index is 12.9. The largest absolute Gasteiger partial charge is 0.374 e. The van der Waals surface area contributed by atoms with Crippen LogP contribution in [-0.2, 0) is 16.1 Å². The van der Waals surface area contributed by atoms with Crippen molar-refractivity contribution in [3.05, 3.63) is 71.2 Å². The molecule has 5 nitrogen and oxygen atoms in total. The summed E-state index contributed by atoms with van der Waals surface area (Å²) < 4.78 is 5.32. The maximum absolute atomic E-state index is 12.9. The highest BCUT2D eigenvalue weighted by Crippen LogP contribution is 2.36. The Labute approximate surface area is 160 Å². The first-order valence-electron chi connectivity index (χ1n) is 8.24. The summed E-state index contributed by atoms with van der Waals surface area (Å²) in [5.41, 5.74) is 0.943. The van der Waals surface area contributed by atoms with Crippen LogP contribution in [0.3, 0.4) is 0 Å². The number of ether oxygens (including phenoxy) is 1. The van der Waals surface area contributed by atoms with E-state index in [9.17, 15) is 4.79 Å². The van der Waals surface area contributed by atoms with Crippen molar-refractivity contribution in [1.29, 1.82) is 0 Å². The number of aromatic nitrogens is 2. The Kier molecular flexibility index (Phi) is 6.76. The molecular formula is C19H19N3O2S2. The summed E-state index contributed by atoms with van der Waals surface area (Å²) in [5, 5.41) is 11.8. The van der Waals surface area contributed by atoms with E-state index in [1.165, 1.54) is 23.1 Å². The van der Waals surface area contributed by atoms with Gasteiger partial charge in [-0.1, -0.05) is 59.9 Å². The second-order valence-electron chi connectivity index (χ2n) is 5.35. The van der Waals surface area contributed by atoms with E-state index in [0.717, 1.165) is 15.5 Å². The van der Waals surface area contributed by atoms with Gasteiger partial charge in [-0.25, -0.2) is 0 Å². The molecule has 1 aromatic heterocycles. The lowest BCUT2D eigenvalue weighted by Gasteiger charge is -2.16. The van der Waals surface area contributed by atoms with Gasteiger partial charge in [0.05, 0.1) is 0 Å². The van der Waals surface area contributed by atoms with Crippen molar-refractivity contribution in [2.24, 2.45) is 0 Å². The second kappa shape index (κ2) is 9.47. The summed E-state index contributed by atoms with van der Waals surface area (Å²) in [7, 11) is 0. The van der Waals surface area contributed by atoms with E-state index >= 15 is 0 Å². The van der Waals surface area contributed by atoms with Crippen molar-refractivity contribution < 1.29 is 9.53 Å². The van der Waals surface area contributed by atoms with Gasteiger partial charge in [-0.15, -0.1) is 22.0 Å². The molecule has 0 aliphatic carbocycles. The fourth-order valence-corrected chi connectivity index (χ4v) is 3.98. The van der Waals surface area contributed by atoms with E-state index in [1.807, 2.05) is 67.6 Å². The highest BCUT2D eigenvalue weighted by Gasteiger charge is 2.23. The predicted molar refractivity (Wildman–Crippen MR) is 105 cm³/mol. The van der Waals surface area contributed by atoms with E-state index in [1.54, 1.807) is 0 Å². The molecule has 2 aromatic carbocycles. The number of benzene rings is 2.